The second kappa shape index (κ2) is 18.3. The summed E-state index contributed by atoms with van der Waals surface area (Å²) in [5.74, 6) is 0. The molecule has 4 atom stereocenters. The largest absolute Gasteiger partial charge is 0.388 e. The molecule has 0 amide bonds. The van der Waals surface area contributed by atoms with Gasteiger partial charge in [0, 0.05) is 6.61 Å². The van der Waals surface area contributed by atoms with E-state index in [-0.39, 0.29) is 13.2 Å². The van der Waals surface area contributed by atoms with Crippen LogP contribution in [-0.4, -0.2) is 59.6 Å². The first-order chi connectivity index (χ1) is 14.2. The van der Waals surface area contributed by atoms with Crippen molar-refractivity contribution in [3.8, 4) is 0 Å². The first kappa shape index (κ1) is 26.6. The summed E-state index contributed by atoms with van der Waals surface area (Å²) >= 11 is 0. The number of aliphatic hydroxyl groups is 3. The molecule has 0 radical (unpaired) electrons. The summed E-state index contributed by atoms with van der Waals surface area (Å²) in [6.45, 7) is 3.18. The van der Waals surface area contributed by atoms with Crippen LogP contribution in [0.25, 0.3) is 0 Å². The number of hydrogen-bond donors (Lipinski definition) is 3. The van der Waals surface area contributed by atoms with E-state index in [1.54, 1.807) is 0 Å². The number of unbranched alkanes of at least 4 members (excludes halogenated alkanes) is 12. The summed E-state index contributed by atoms with van der Waals surface area (Å²) in [6, 6.07) is 0. The number of ether oxygens (including phenoxy) is 2. The average molecular weight is 415 g/mol. The zero-order chi connectivity index (χ0) is 21.2. The Morgan fingerprint density at radius 2 is 1.31 bits per heavy atom. The number of hydrogen-bond acceptors (Lipinski definition) is 5. The second-order valence-corrected chi connectivity index (χ2v) is 8.43. The molecule has 29 heavy (non-hydrogen) atoms. The summed E-state index contributed by atoms with van der Waals surface area (Å²) in [5.41, 5.74) is 0. The molecule has 0 saturated carbocycles. The van der Waals surface area contributed by atoms with Crippen LogP contribution in [0.4, 0.5) is 0 Å². The molecule has 5 heteroatoms. The quantitative estimate of drug-likeness (QED) is 0.227. The third kappa shape index (κ3) is 13.5. The van der Waals surface area contributed by atoms with Gasteiger partial charge in [0.1, 0.15) is 24.4 Å². The first-order valence-corrected chi connectivity index (χ1v) is 12.0. The van der Waals surface area contributed by atoms with Gasteiger partial charge in [0.2, 0.25) is 0 Å². The van der Waals surface area contributed by atoms with E-state index < -0.39 is 24.4 Å². The van der Waals surface area contributed by atoms with Gasteiger partial charge in [-0.2, -0.15) is 0 Å². The fourth-order valence-electron chi connectivity index (χ4n) is 3.66. The molecule has 3 N–H and O–H groups in total. The Balaban J connectivity index is 1.81. The smallest absolute Gasteiger partial charge is 0.111 e. The van der Waals surface area contributed by atoms with E-state index in [0.29, 0.717) is 6.61 Å². The lowest BCUT2D eigenvalue weighted by atomic mass is 10.0. The van der Waals surface area contributed by atoms with Gasteiger partial charge >= 0.3 is 0 Å². The van der Waals surface area contributed by atoms with Crippen molar-refractivity contribution in [2.24, 2.45) is 0 Å². The first-order valence-electron chi connectivity index (χ1n) is 12.0. The van der Waals surface area contributed by atoms with Gasteiger partial charge in [0.15, 0.2) is 0 Å². The molecule has 1 heterocycles. The molecule has 1 saturated heterocycles. The van der Waals surface area contributed by atoms with Crippen molar-refractivity contribution in [1.82, 2.24) is 0 Å². The lowest BCUT2D eigenvalue weighted by molar-refractivity contribution is -0.199. The summed E-state index contributed by atoms with van der Waals surface area (Å²) < 4.78 is 10.9. The average Bonchev–Trinajstić information content (AvgIpc) is 2.72. The Morgan fingerprint density at radius 1 is 0.759 bits per heavy atom. The summed E-state index contributed by atoms with van der Waals surface area (Å²) in [7, 11) is 0. The molecule has 172 valence electrons. The Morgan fingerprint density at radius 3 is 1.93 bits per heavy atom. The Hall–Kier alpha value is -0.460. The van der Waals surface area contributed by atoms with Crippen molar-refractivity contribution in [2.45, 2.75) is 121 Å². The minimum Gasteiger partial charge on any atom is -0.388 e. The molecule has 5 nitrogen and oxygen atoms in total. The third-order valence-corrected chi connectivity index (χ3v) is 5.69. The lowest BCUT2D eigenvalue weighted by Crippen LogP contribution is -2.54. The predicted octanol–water partition coefficient (Wildman–Crippen LogP) is 4.52. The molecule has 0 bridgehead atoms. The zero-order valence-electron chi connectivity index (χ0n) is 18.6. The van der Waals surface area contributed by atoms with Crippen molar-refractivity contribution >= 4 is 0 Å². The number of aliphatic hydroxyl groups excluding tert-OH is 3. The SMILES string of the molecule is CCCCCCCCCCCC/C=C/CCCCOC[C@H]1OC[C@H](O)[C@@H](O)[C@@H]1O. The Labute approximate surface area is 178 Å². The minimum absolute atomic E-state index is 0.0378. The summed E-state index contributed by atoms with van der Waals surface area (Å²) in [4.78, 5) is 0. The topological polar surface area (TPSA) is 79.2 Å². The van der Waals surface area contributed by atoms with Crippen LogP contribution in [0.3, 0.4) is 0 Å². The highest BCUT2D eigenvalue weighted by molar-refractivity contribution is 4.86. The number of rotatable bonds is 18. The molecule has 1 rings (SSSR count). The molecule has 0 spiro atoms. The van der Waals surface area contributed by atoms with E-state index in [9.17, 15) is 15.3 Å². The highest BCUT2D eigenvalue weighted by Gasteiger charge is 2.37. The maximum absolute atomic E-state index is 9.83. The molecule has 0 aromatic heterocycles. The fourth-order valence-corrected chi connectivity index (χ4v) is 3.66. The normalized spacial score (nSPS) is 25.1. The maximum Gasteiger partial charge on any atom is 0.111 e. The van der Waals surface area contributed by atoms with E-state index >= 15 is 0 Å². The van der Waals surface area contributed by atoms with E-state index in [1.807, 2.05) is 0 Å². The molecule has 0 unspecified atom stereocenters. The van der Waals surface area contributed by atoms with Crippen molar-refractivity contribution in [2.75, 3.05) is 19.8 Å². The Bertz CT molecular complexity index is 387. The zero-order valence-corrected chi connectivity index (χ0v) is 18.6. The lowest BCUT2D eigenvalue weighted by Gasteiger charge is -2.35. The Kier molecular flexibility index (Phi) is 16.8. The summed E-state index contributed by atoms with van der Waals surface area (Å²) in [5, 5.41) is 28.9. The molecule has 0 aromatic rings. The van der Waals surface area contributed by atoms with Gasteiger partial charge < -0.3 is 24.8 Å². The fraction of sp³-hybridized carbons (Fsp3) is 0.917. The van der Waals surface area contributed by atoms with Crippen molar-refractivity contribution in [1.29, 1.82) is 0 Å². The van der Waals surface area contributed by atoms with Gasteiger partial charge in [-0.3, -0.25) is 0 Å². The van der Waals surface area contributed by atoms with Gasteiger partial charge in [0.25, 0.3) is 0 Å². The van der Waals surface area contributed by atoms with E-state index in [0.717, 1.165) is 19.3 Å². The minimum atomic E-state index is -1.15. The van der Waals surface area contributed by atoms with E-state index in [4.69, 9.17) is 9.47 Å². The molecule has 1 aliphatic rings. The van der Waals surface area contributed by atoms with Crippen LogP contribution < -0.4 is 0 Å². The van der Waals surface area contributed by atoms with Crippen LogP contribution in [0.5, 0.6) is 0 Å². The summed E-state index contributed by atoms with van der Waals surface area (Å²) in [6.07, 6.45) is 18.9. The molecular formula is C24H46O5. The van der Waals surface area contributed by atoms with Crippen LogP contribution in [0.15, 0.2) is 12.2 Å². The monoisotopic (exact) mass is 414 g/mol. The van der Waals surface area contributed by atoms with Crippen LogP contribution in [-0.2, 0) is 9.47 Å². The molecule has 1 fully saturated rings. The van der Waals surface area contributed by atoms with Gasteiger partial charge in [-0.25, -0.2) is 0 Å². The van der Waals surface area contributed by atoms with Crippen LogP contribution in [0.2, 0.25) is 0 Å². The molecule has 0 aliphatic carbocycles. The maximum atomic E-state index is 9.83. The standard InChI is InChI=1S/C24H46O5/c1-2-3-4-5-6-7-8-9-10-11-12-13-14-15-16-17-18-28-20-22-24(27)23(26)21(25)19-29-22/h13-14,21-27H,2-12,15-20H2,1H3/b14-13+/t21-,22+,23+,24+/m0/s1. The van der Waals surface area contributed by atoms with Crippen LogP contribution >= 0.6 is 0 Å². The van der Waals surface area contributed by atoms with Gasteiger partial charge in [-0.1, -0.05) is 76.9 Å². The highest BCUT2D eigenvalue weighted by Crippen LogP contribution is 2.16. The van der Waals surface area contributed by atoms with Gasteiger partial charge in [-0.15, -0.1) is 0 Å². The van der Waals surface area contributed by atoms with Gasteiger partial charge in [-0.05, 0) is 32.1 Å². The van der Waals surface area contributed by atoms with Gasteiger partial charge in [0.05, 0.1) is 13.2 Å². The number of allylic oxidation sites excluding steroid dienone is 2. The highest BCUT2D eigenvalue weighted by atomic mass is 16.6. The van der Waals surface area contributed by atoms with E-state index in [2.05, 4.69) is 19.1 Å². The molecule has 1 aliphatic heterocycles. The van der Waals surface area contributed by atoms with Crippen LogP contribution in [0, 0.1) is 0 Å². The second-order valence-electron chi connectivity index (χ2n) is 8.43. The third-order valence-electron chi connectivity index (χ3n) is 5.69. The van der Waals surface area contributed by atoms with Crippen molar-refractivity contribution < 1.29 is 24.8 Å². The molecule has 0 aromatic carbocycles. The van der Waals surface area contributed by atoms with Crippen LogP contribution in [0.1, 0.15) is 96.8 Å². The van der Waals surface area contributed by atoms with Crippen molar-refractivity contribution in [3.05, 3.63) is 12.2 Å². The predicted molar refractivity (Wildman–Crippen MR) is 118 cm³/mol. The van der Waals surface area contributed by atoms with E-state index in [1.165, 1.54) is 70.6 Å². The van der Waals surface area contributed by atoms with Crippen molar-refractivity contribution in [3.63, 3.8) is 0 Å². The molecular weight excluding hydrogens is 368 g/mol.